The van der Waals surface area contributed by atoms with Crippen LogP contribution in [0, 0.1) is 6.92 Å². The number of aryl methyl sites for hydroxylation is 1. The van der Waals surface area contributed by atoms with Crippen LogP contribution in [0.15, 0.2) is 54.1 Å². The lowest BCUT2D eigenvalue weighted by Gasteiger charge is -2.25. The zero-order chi connectivity index (χ0) is 22.5. The van der Waals surface area contributed by atoms with Gasteiger partial charge in [-0.15, -0.1) is 0 Å². The van der Waals surface area contributed by atoms with Gasteiger partial charge in [-0.05, 0) is 44.9 Å². The molecule has 2 aromatic carbocycles. The van der Waals surface area contributed by atoms with Crippen LogP contribution in [0.3, 0.4) is 0 Å². The number of ketones is 1. The summed E-state index contributed by atoms with van der Waals surface area (Å²) >= 11 is 0. The van der Waals surface area contributed by atoms with Crippen molar-refractivity contribution in [3.8, 4) is 5.75 Å². The molecule has 0 radical (unpaired) electrons. The summed E-state index contributed by atoms with van der Waals surface area (Å²) in [6, 6.07) is 13.7. The van der Waals surface area contributed by atoms with Gasteiger partial charge in [0, 0.05) is 18.7 Å². The van der Waals surface area contributed by atoms with Gasteiger partial charge in [0.25, 0.3) is 11.7 Å². The standard InChI is InChI=1S/C25H29NO5/c1-16(2)31-15-5-14-26-22(18-10-12-20(30-4)13-11-18)21(24(28)25(26)29)23(27)19-8-6-17(3)7-9-19/h6-13,16,22,27H,5,14-15H2,1-4H3/b23-21-. The van der Waals surface area contributed by atoms with E-state index in [2.05, 4.69) is 0 Å². The van der Waals surface area contributed by atoms with Crippen LogP contribution in [0.5, 0.6) is 5.75 Å². The van der Waals surface area contributed by atoms with Crippen molar-refractivity contribution in [3.63, 3.8) is 0 Å². The maximum atomic E-state index is 13.0. The SMILES string of the molecule is COc1ccc(C2/C(=C(/O)c3ccc(C)cc3)C(=O)C(=O)N2CCCOC(C)C)cc1. The quantitative estimate of drug-likeness (QED) is 0.297. The number of aliphatic hydroxyl groups excluding tert-OH is 1. The van der Waals surface area contributed by atoms with Crippen LogP contribution in [-0.2, 0) is 14.3 Å². The van der Waals surface area contributed by atoms with Crippen LogP contribution < -0.4 is 4.74 Å². The number of nitrogens with zero attached hydrogens (tertiary/aromatic N) is 1. The average Bonchev–Trinajstić information content (AvgIpc) is 3.01. The number of carbonyl (C=O) groups excluding carboxylic acids is 2. The largest absolute Gasteiger partial charge is 0.507 e. The van der Waals surface area contributed by atoms with Gasteiger partial charge in [0.15, 0.2) is 0 Å². The third kappa shape index (κ3) is 4.97. The Morgan fingerprint density at radius 3 is 2.29 bits per heavy atom. The molecule has 3 rings (SSSR count). The van der Waals surface area contributed by atoms with E-state index in [1.165, 1.54) is 4.90 Å². The minimum atomic E-state index is -0.677. The highest BCUT2D eigenvalue weighted by Crippen LogP contribution is 2.39. The van der Waals surface area contributed by atoms with Crippen molar-refractivity contribution < 1.29 is 24.2 Å². The van der Waals surface area contributed by atoms with Gasteiger partial charge in [-0.25, -0.2) is 0 Å². The first-order valence-corrected chi connectivity index (χ1v) is 10.4. The van der Waals surface area contributed by atoms with Crippen LogP contribution in [0.25, 0.3) is 5.76 Å². The molecule has 164 valence electrons. The summed E-state index contributed by atoms with van der Waals surface area (Å²) in [5, 5.41) is 11.0. The lowest BCUT2D eigenvalue weighted by molar-refractivity contribution is -0.140. The first-order chi connectivity index (χ1) is 14.8. The van der Waals surface area contributed by atoms with E-state index in [0.717, 1.165) is 11.1 Å². The van der Waals surface area contributed by atoms with Crippen LogP contribution in [0.2, 0.25) is 0 Å². The molecule has 1 amide bonds. The highest BCUT2D eigenvalue weighted by Gasteiger charge is 2.45. The fraction of sp³-hybridized carbons (Fsp3) is 0.360. The average molecular weight is 424 g/mol. The van der Waals surface area contributed by atoms with Crippen LogP contribution >= 0.6 is 0 Å². The maximum Gasteiger partial charge on any atom is 0.295 e. The number of aliphatic hydroxyl groups is 1. The van der Waals surface area contributed by atoms with Crippen molar-refractivity contribution >= 4 is 17.4 Å². The van der Waals surface area contributed by atoms with E-state index in [4.69, 9.17) is 9.47 Å². The molecule has 6 heteroatoms. The molecule has 31 heavy (non-hydrogen) atoms. The number of methoxy groups -OCH3 is 1. The molecule has 1 saturated heterocycles. The molecule has 1 aliphatic heterocycles. The zero-order valence-corrected chi connectivity index (χ0v) is 18.4. The van der Waals surface area contributed by atoms with Crippen molar-refractivity contribution in [2.75, 3.05) is 20.3 Å². The Morgan fingerprint density at radius 2 is 1.71 bits per heavy atom. The number of benzene rings is 2. The zero-order valence-electron chi connectivity index (χ0n) is 18.4. The van der Waals surface area contributed by atoms with E-state index >= 15 is 0 Å². The summed E-state index contributed by atoms with van der Waals surface area (Å²) < 4.78 is 10.8. The van der Waals surface area contributed by atoms with E-state index in [-0.39, 0.29) is 17.4 Å². The van der Waals surface area contributed by atoms with Crippen molar-refractivity contribution in [2.24, 2.45) is 0 Å². The number of likely N-dealkylation sites (tertiary alicyclic amines) is 1. The topological polar surface area (TPSA) is 76.1 Å². The van der Waals surface area contributed by atoms with Crippen LogP contribution in [0.4, 0.5) is 0 Å². The van der Waals surface area contributed by atoms with Gasteiger partial charge < -0.3 is 19.5 Å². The molecule has 0 saturated carbocycles. The van der Waals surface area contributed by atoms with E-state index < -0.39 is 17.7 Å². The number of hydrogen-bond acceptors (Lipinski definition) is 5. The second-order valence-corrected chi connectivity index (χ2v) is 7.90. The molecule has 2 aromatic rings. The maximum absolute atomic E-state index is 13.0. The highest BCUT2D eigenvalue weighted by molar-refractivity contribution is 6.46. The predicted octanol–water partition coefficient (Wildman–Crippen LogP) is 4.24. The summed E-state index contributed by atoms with van der Waals surface area (Å²) in [6.07, 6.45) is 0.678. The molecule has 0 spiro atoms. The summed E-state index contributed by atoms with van der Waals surface area (Å²) in [6.45, 7) is 6.67. The van der Waals surface area contributed by atoms with E-state index in [0.29, 0.717) is 30.9 Å². The molecule has 1 aliphatic rings. The Kier molecular flexibility index (Phi) is 7.13. The summed E-state index contributed by atoms with van der Waals surface area (Å²) in [5.74, 6) is -0.785. The molecule has 0 aliphatic carbocycles. The normalized spacial score (nSPS) is 18.1. The molecule has 1 atom stereocenters. The Hall–Kier alpha value is -3.12. The van der Waals surface area contributed by atoms with Gasteiger partial charge in [0.1, 0.15) is 11.5 Å². The van der Waals surface area contributed by atoms with Gasteiger partial charge >= 0.3 is 0 Å². The Balaban J connectivity index is 2.02. The molecule has 1 fully saturated rings. The highest BCUT2D eigenvalue weighted by atomic mass is 16.5. The van der Waals surface area contributed by atoms with Crippen molar-refractivity contribution in [1.82, 2.24) is 4.90 Å². The number of Topliss-reactive ketones (excluding diaryl/α,β-unsaturated/α-hetero) is 1. The Bertz CT molecular complexity index is 960. The minimum absolute atomic E-state index is 0.0920. The second-order valence-electron chi connectivity index (χ2n) is 7.90. The number of hydrogen-bond donors (Lipinski definition) is 1. The summed E-state index contributed by atoms with van der Waals surface area (Å²) in [7, 11) is 1.58. The van der Waals surface area contributed by atoms with E-state index in [9.17, 15) is 14.7 Å². The number of ether oxygens (including phenoxy) is 2. The smallest absolute Gasteiger partial charge is 0.295 e. The van der Waals surface area contributed by atoms with Gasteiger partial charge in [0.05, 0.1) is 24.8 Å². The molecule has 1 heterocycles. The molecule has 0 aromatic heterocycles. The third-order valence-electron chi connectivity index (χ3n) is 5.29. The third-order valence-corrected chi connectivity index (χ3v) is 5.29. The summed E-state index contributed by atoms with van der Waals surface area (Å²) in [4.78, 5) is 27.4. The van der Waals surface area contributed by atoms with Crippen molar-refractivity contribution in [2.45, 2.75) is 39.3 Å². The second kappa shape index (κ2) is 9.79. The first-order valence-electron chi connectivity index (χ1n) is 10.4. The van der Waals surface area contributed by atoms with Crippen LogP contribution in [0.1, 0.15) is 43.0 Å². The molecular weight excluding hydrogens is 394 g/mol. The molecular formula is C25H29NO5. The number of amides is 1. The van der Waals surface area contributed by atoms with E-state index in [1.807, 2.05) is 45.0 Å². The minimum Gasteiger partial charge on any atom is -0.507 e. The van der Waals surface area contributed by atoms with Crippen molar-refractivity contribution in [3.05, 3.63) is 70.8 Å². The van der Waals surface area contributed by atoms with Crippen molar-refractivity contribution in [1.29, 1.82) is 0 Å². The molecule has 6 nitrogen and oxygen atoms in total. The lowest BCUT2D eigenvalue weighted by Crippen LogP contribution is -2.31. The van der Waals surface area contributed by atoms with Gasteiger partial charge in [-0.3, -0.25) is 9.59 Å². The predicted molar refractivity (Wildman–Crippen MR) is 119 cm³/mol. The number of rotatable bonds is 8. The monoisotopic (exact) mass is 423 g/mol. The fourth-order valence-electron chi connectivity index (χ4n) is 3.66. The van der Waals surface area contributed by atoms with E-state index in [1.54, 1.807) is 31.4 Å². The first kappa shape index (κ1) is 22.6. The Labute approximate surface area is 183 Å². The number of carbonyl (C=O) groups is 2. The Morgan fingerprint density at radius 1 is 1.06 bits per heavy atom. The molecule has 1 unspecified atom stereocenters. The fourth-order valence-corrected chi connectivity index (χ4v) is 3.66. The molecule has 1 N–H and O–H groups in total. The van der Waals surface area contributed by atoms with Gasteiger partial charge in [-0.1, -0.05) is 42.0 Å². The molecule has 0 bridgehead atoms. The van der Waals surface area contributed by atoms with Gasteiger partial charge in [-0.2, -0.15) is 0 Å². The van der Waals surface area contributed by atoms with Crippen LogP contribution in [-0.4, -0.2) is 48.1 Å². The summed E-state index contributed by atoms with van der Waals surface area (Å²) in [5.41, 5.74) is 2.38. The lowest BCUT2D eigenvalue weighted by atomic mass is 9.95. The van der Waals surface area contributed by atoms with Gasteiger partial charge in [0.2, 0.25) is 0 Å².